The third kappa shape index (κ3) is 1290. The lowest BCUT2D eigenvalue weighted by Gasteiger charge is -1.79. The van der Waals surface area contributed by atoms with Crippen LogP contribution in [0.2, 0.25) is 0 Å². The van der Waals surface area contributed by atoms with Crippen molar-refractivity contribution in [3.8, 4) is 0 Å². The molecule has 0 spiro atoms. The van der Waals surface area contributed by atoms with Gasteiger partial charge in [0.05, 0.1) is 0 Å². The molecule has 0 unspecified atom stereocenters. The highest BCUT2D eigenvalue weighted by atomic mass is 36.0. The lowest BCUT2D eigenvalue weighted by molar-refractivity contribution is 0.621. The molecule has 9 heavy (non-hydrogen) atoms. The van der Waals surface area contributed by atoms with Gasteiger partial charge in [-0.05, 0) is 5.92 Å². The van der Waals surface area contributed by atoms with Gasteiger partial charge >= 0.3 is 8.26 Å². The Morgan fingerprint density at radius 2 is 1.11 bits per heavy atom. The maximum absolute atomic E-state index is 9.16. The van der Waals surface area contributed by atoms with Crippen LogP contribution in [0.1, 0.15) is 20.8 Å². The summed E-state index contributed by atoms with van der Waals surface area (Å²) in [5.74, 6) is 0.833. The van der Waals surface area contributed by atoms with E-state index < -0.39 is 8.26 Å². The molecule has 0 saturated carbocycles. The topological polar surface area (TPSA) is 34.1 Å². The van der Waals surface area contributed by atoms with Crippen molar-refractivity contribution in [3.05, 3.63) is 0 Å². The van der Waals surface area contributed by atoms with Gasteiger partial charge in [0.2, 0.25) is 0 Å². The largest absolute Gasteiger partial charge is 0.317 e. The Labute approximate surface area is 65.1 Å². The number of hydrogen-bond donors (Lipinski definition) is 0. The van der Waals surface area contributed by atoms with Crippen LogP contribution in [0.5, 0.6) is 0 Å². The molecular formula is C4H10Cl2O2S. The Bertz CT molecular complexity index is 128. The lowest BCUT2D eigenvalue weighted by atomic mass is 10.3. The van der Waals surface area contributed by atoms with E-state index in [0.29, 0.717) is 0 Å². The minimum atomic E-state index is -3.72. The average molecular weight is 193 g/mol. The third-order valence-electron chi connectivity index (χ3n) is 0. The van der Waals surface area contributed by atoms with E-state index in [1.165, 1.54) is 0 Å². The van der Waals surface area contributed by atoms with E-state index in [1.807, 2.05) is 0 Å². The Balaban J connectivity index is 0. The van der Waals surface area contributed by atoms with Gasteiger partial charge in [-0.25, -0.2) is 0 Å². The molecule has 0 aromatic carbocycles. The smallest absolute Gasteiger partial charge is 0.195 e. The van der Waals surface area contributed by atoms with E-state index in [1.54, 1.807) is 0 Å². The van der Waals surface area contributed by atoms with E-state index in [4.69, 9.17) is 8.42 Å². The summed E-state index contributed by atoms with van der Waals surface area (Å²) in [5.41, 5.74) is 0. The van der Waals surface area contributed by atoms with Crippen LogP contribution in [0.4, 0.5) is 0 Å². The highest BCUT2D eigenvalue weighted by Crippen LogP contribution is 1.98. The molecular weight excluding hydrogens is 183 g/mol. The number of halogens is 2. The van der Waals surface area contributed by atoms with Crippen LogP contribution in [-0.2, 0) is 8.26 Å². The summed E-state index contributed by atoms with van der Waals surface area (Å²) >= 11 is 0. The second-order valence-corrected chi connectivity index (χ2v) is 5.78. The Morgan fingerprint density at radius 3 is 1.11 bits per heavy atom. The van der Waals surface area contributed by atoms with Gasteiger partial charge < -0.3 is 0 Å². The first-order valence-electron chi connectivity index (χ1n) is 2.37. The zero-order valence-electron chi connectivity index (χ0n) is 5.56. The van der Waals surface area contributed by atoms with Crippen LogP contribution in [0, 0.1) is 5.92 Å². The molecule has 2 nitrogen and oxygen atoms in total. The Hall–Kier alpha value is 0.530. The summed E-state index contributed by atoms with van der Waals surface area (Å²) in [6.07, 6.45) is 0. The summed E-state index contributed by atoms with van der Waals surface area (Å²) in [6.45, 7) is 6.50. The summed E-state index contributed by atoms with van der Waals surface area (Å²) in [7, 11) is 4.81. The SMILES string of the molecule is CC(C)C.O=S(=O)(Cl)Cl. The van der Waals surface area contributed by atoms with Crippen LogP contribution < -0.4 is 0 Å². The maximum atomic E-state index is 9.16. The average Bonchev–Trinajstić information content (AvgIpc) is 1.19. The van der Waals surface area contributed by atoms with Crippen molar-refractivity contribution in [1.29, 1.82) is 0 Å². The second-order valence-electron chi connectivity index (χ2n) is 2.11. The fourth-order valence-corrected chi connectivity index (χ4v) is 0. The normalized spacial score (nSPS) is 10.4. The summed E-state index contributed by atoms with van der Waals surface area (Å²) in [6, 6.07) is 0. The molecule has 5 heteroatoms. The minimum Gasteiger partial charge on any atom is -0.195 e. The molecule has 0 heterocycles. The van der Waals surface area contributed by atoms with E-state index in [9.17, 15) is 0 Å². The molecule has 0 saturated heterocycles. The zero-order valence-corrected chi connectivity index (χ0v) is 7.89. The van der Waals surface area contributed by atoms with Crippen molar-refractivity contribution in [3.63, 3.8) is 0 Å². The van der Waals surface area contributed by atoms with Gasteiger partial charge in [0.25, 0.3) is 0 Å². The van der Waals surface area contributed by atoms with Crippen molar-refractivity contribution in [2.45, 2.75) is 20.8 Å². The van der Waals surface area contributed by atoms with Crippen molar-refractivity contribution in [2.24, 2.45) is 5.92 Å². The summed E-state index contributed by atoms with van der Waals surface area (Å²) < 4.78 is 18.3. The number of rotatable bonds is 0. The maximum Gasteiger partial charge on any atom is 0.317 e. The molecule has 0 bridgehead atoms. The van der Waals surface area contributed by atoms with Gasteiger partial charge in [0.1, 0.15) is 0 Å². The Morgan fingerprint density at radius 1 is 1.11 bits per heavy atom. The van der Waals surface area contributed by atoms with Gasteiger partial charge in [0.15, 0.2) is 0 Å². The first kappa shape index (κ1) is 12.2. The van der Waals surface area contributed by atoms with Crippen molar-refractivity contribution < 1.29 is 8.42 Å². The van der Waals surface area contributed by atoms with Gasteiger partial charge in [-0.1, -0.05) is 20.8 Å². The van der Waals surface area contributed by atoms with Crippen LogP contribution in [0.3, 0.4) is 0 Å². The molecule has 0 fully saturated rings. The van der Waals surface area contributed by atoms with Gasteiger partial charge in [0, 0.05) is 21.4 Å². The fraction of sp³-hybridized carbons (Fsp3) is 1.00. The van der Waals surface area contributed by atoms with E-state index in [-0.39, 0.29) is 0 Å². The molecule has 0 amide bonds. The summed E-state index contributed by atoms with van der Waals surface area (Å²) in [4.78, 5) is 0. The van der Waals surface area contributed by atoms with Crippen LogP contribution in [0.15, 0.2) is 0 Å². The Kier molecular flexibility index (Phi) is 7.24. The first-order chi connectivity index (χ1) is 3.73. The summed E-state index contributed by atoms with van der Waals surface area (Å²) in [5, 5.41) is 0. The third-order valence-corrected chi connectivity index (χ3v) is 0. The predicted molar refractivity (Wildman–Crippen MR) is 41.1 cm³/mol. The predicted octanol–water partition coefficient (Wildman–Crippen LogP) is 2.37. The highest BCUT2D eigenvalue weighted by molar-refractivity contribution is 8.31. The van der Waals surface area contributed by atoms with Gasteiger partial charge in [-0.15, -0.1) is 0 Å². The van der Waals surface area contributed by atoms with Crippen molar-refractivity contribution >= 4 is 29.6 Å². The molecule has 0 aliphatic heterocycles. The lowest BCUT2D eigenvalue weighted by Crippen LogP contribution is -1.66. The molecule has 58 valence electrons. The highest BCUT2D eigenvalue weighted by Gasteiger charge is 1.88. The standard InChI is InChI=1S/C4H10.Cl2O2S/c1-4(2)3;1-5(2,3)4/h4H,1-3H3;. The molecule has 0 aliphatic rings. The molecule has 0 atom stereocenters. The fourth-order valence-electron chi connectivity index (χ4n) is 0. The van der Waals surface area contributed by atoms with Crippen LogP contribution >= 0.6 is 21.4 Å². The molecule has 0 aromatic rings. The van der Waals surface area contributed by atoms with Crippen LogP contribution in [-0.4, -0.2) is 8.42 Å². The molecule has 0 N–H and O–H groups in total. The minimum absolute atomic E-state index is 0.833. The van der Waals surface area contributed by atoms with Crippen molar-refractivity contribution in [1.82, 2.24) is 0 Å². The molecule has 0 radical (unpaired) electrons. The zero-order chi connectivity index (χ0) is 8.08. The number of hydrogen-bond acceptors (Lipinski definition) is 2. The monoisotopic (exact) mass is 192 g/mol. The van der Waals surface area contributed by atoms with E-state index >= 15 is 0 Å². The molecule has 0 rings (SSSR count). The van der Waals surface area contributed by atoms with Gasteiger partial charge in [-0.2, -0.15) is 8.42 Å². The van der Waals surface area contributed by atoms with Gasteiger partial charge in [-0.3, -0.25) is 0 Å². The van der Waals surface area contributed by atoms with Crippen LogP contribution in [0.25, 0.3) is 0 Å². The van der Waals surface area contributed by atoms with E-state index in [2.05, 4.69) is 42.1 Å². The molecule has 0 aliphatic carbocycles. The van der Waals surface area contributed by atoms with Crippen molar-refractivity contribution in [2.75, 3.05) is 0 Å². The first-order valence-corrected chi connectivity index (χ1v) is 5.51. The van der Waals surface area contributed by atoms with E-state index in [0.717, 1.165) is 5.92 Å². The second kappa shape index (κ2) is 5.33. The molecule has 0 aromatic heterocycles. The quantitative estimate of drug-likeness (QED) is 0.553.